The lowest BCUT2D eigenvalue weighted by atomic mass is 9.95. The summed E-state index contributed by atoms with van der Waals surface area (Å²) in [5.41, 5.74) is 1.99. The van der Waals surface area contributed by atoms with E-state index >= 15 is 0 Å². The van der Waals surface area contributed by atoms with Crippen LogP contribution in [0, 0.1) is 0 Å². The highest BCUT2D eigenvalue weighted by Crippen LogP contribution is 2.23. The van der Waals surface area contributed by atoms with Crippen LogP contribution in [0.25, 0.3) is 5.57 Å². The van der Waals surface area contributed by atoms with Gasteiger partial charge >= 0.3 is 12.1 Å². The lowest BCUT2D eigenvalue weighted by Crippen LogP contribution is -2.35. The van der Waals surface area contributed by atoms with Crippen molar-refractivity contribution in [2.24, 2.45) is 4.99 Å². The summed E-state index contributed by atoms with van der Waals surface area (Å²) < 4.78 is 5.01. The largest absolute Gasteiger partial charge is 0.443 e. The van der Waals surface area contributed by atoms with Gasteiger partial charge < -0.3 is 4.74 Å². The second-order valence-electron chi connectivity index (χ2n) is 6.15. The molecule has 0 saturated carbocycles. The molecule has 0 bridgehead atoms. The Morgan fingerprint density at radius 2 is 2.09 bits per heavy atom. The van der Waals surface area contributed by atoms with Gasteiger partial charge in [0.15, 0.2) is 0 Å². The highest BCUT2D eigenvalue weighted by atomic mass is 16.6. The first-order chi connectivity index (χ1) is 10.8. The zero-order chi connectivity index (χ0) is 16.9. The van der Waals surface area contributed by atoms with Crippen LogP contribution in [0.4, 0.5) is 9.59 Å². The van der Waals surface area contributed by atoms with E-state index in [-0.39, 0.29) is 0 Å². The molecule has 1 heterocycles. The van der Waals surface area contributed by atoms with Gasteiger partial charge in [0.1, 0.15) is 5.60 Å². The van der Waals surface area contributed by atoms with Crippen LogP contribution < -0.4 is 5.32 Å². The topological polar surface area (TPSA) is 93.5 Å². The highest BCUT2D eigenvalue weighted by Gasteiger charge is 2.19. The van der Waals surface area contributed by atoms with Crippen molar-refractivity contribution in [1.29, 1.82) is 0 Å². The average Bonchev–Trinajstić information content (AvgIpc) is 2.46. The highest BCUT2D eigenvalue weighted by molar-refractivity contribution is 6.02. The van der Waals surface area contributed by atoms with E-state index in [0.29, 0.717) is 12.8 Å². The minimum atomic E-state index is -0.793. The van der Waals surface area contributed by atoms with E-state index in [1.165, 1.54) is 0 Å². The number of alkyl carbamates (subject to hydrolysis) is 1. The first-order valence-electron chi connectivity index (χ1n) is 7.41. The summed E-state index contributed by atoms with van der Waals surface area (Å²) in [5, 5.41) is 10.0. The molecule has 1 aromatic rings. The van der Waals surface area contributed by atoms with Crippen molar-refractivity contribution in [2.75, 3.05) is 0 Å². The quantitative estimate of drug-likeness (QED) is 0.859. The molecule has 2 rings (SSSR count). The molecule has 7 heteroatoms. The van der Waals surface area contributed by atoms with E-state index in [2.05, 4.69) is 20.5 Å². The maximum Gasteiger partial charge on any atom is 0.415 e. The van der Waals surface area contributed by atoms with Gasteiger partial charge in [-0.3, -0.25) is 0 Å². The molecule has 1 aromatic heterocycles. The molecule has 122 valence electrons. The normalized spacial score (nSPS) is 16.7. The Labute approximate surface area is 134 Å². The van der Waals surface area contributed by atoms with Gasteiger partial charge in [-0.05, 0) is 51.3 Å². The molecule has 23 heavy (non-hydrogen) atoms. The monoisotopic (exact) mass is 316 g/mol. The van der Waals surface area contributed by atoms with Crippen molar-refractivity contribution in [3.63, 3.8) is 0 Å². The first kappa shape index (κ1) is 16.8. The number of amides is 3. The SMILES string of the molecule is CC(C)(C)OC(=O)NC(=O)/N=C1\CC=C(c2cccnn2)CC1. The number of aromatic nitrogens is 2. The summed E-state index contributed by atoms with van der Waals surface area (Å²) in [4.78, 5) is 27.1. The first-order valence-corrected chi connectivity index (χ1v) is 7.41. The zero-order valence-corrected chi connectivity index (χ0v) is 13.5. The van der Waals surface area contributed by atoms with Crippen LogP contribution in [0.3, 0.4) is 0 Å². The maximum absolute atomic E-state index is 11.7. The summed E-state index contributed by atoms with van der Waals surface area (Å²) in [6.07, 6.45) is 4.74. The number of imide groups is 1. The minimum Gasteiger partial charge on any atom is -0.443 e. The molecule has 0 fully saturated rings. The molecule has 0 spiro atoms. The van der Waals surface area contributed by atoms with Crippen LogP contribution in [-0.4, -0.2) is 33.6 Å². The van der Waals surface area contributed by atoms with Gasteiger partial charge in [-0.2, -0.15) is 10.2 Å². The molecule has 1 aliphatic carbocycles. The fourth-order valence-corrected chi connectivity index (χ4v) is 2.09. The Bertz CT molecular complexity index is 645. The predicted molar refractivity (Wildman–Crippen MR) is 86.1 cm³/mol. The van der Waals surface area contributed by atoms with Crippen LogP contribution in [0.5, 0.6) is 0 Å². The molecular weight excluding hydrogens is 296 g/mol. The zero-order valence-electron chi connectivity index (χ0n) is 13.5. The summed E-state index contributed by atoms with van der Waals surface area (Å²) in [6.45, 7) is 5.18. The van der Waals surface area contributed by atoms with Gasteiger partial charge in [-0.1, -0.05) is 6.08 Å². The van der Waals surface area contributed by atoms with Gasteiger partial charge in [-0.25, -0.2) is 19.9 Å². The number of rotatable bonds is 1. The van der Waals surface area contributed by atoms with Crippen molar-refractivity contribution >= 4 is 23.4 Å². The Morgan fingerprint density at radius 3 is 2.65 bits per heavy atom. The number of ether oxygens (including phenoxy) is 1. The summed E-state index contributed by atoms with van der Waals surface area (Å²) >= 11 is 0. The summed E-state index contributed by atoms with van der Waals surface area (Å²) in [7, 11) is 0. The molecule has 1 N–H and O–H groups in total. The smallest absolute Gasteiger partial charge is 0.415 e. The molecule has 7 nitrogen and oxygen atoms in total. The molecule has 1 aliphatic rings. The third-order valence-electron chi connectivity index (χ3n) is 3.04. The molecule has 0 atom stereocenters. The van der Waals surface area contributed by atoms with E-state index in [9.17, 15) is 9.59 Å². The van der Waals surface area contributed by atoms with Crippen LogP contribution in [0.1, 0.15) is 45.7 Å². The number of aliphatic imine (C=N–C) groups is 1. The Kier molecular flexibility index (Phi) is 5.20. The summed E-state index contributed by atoms with van der Waals surface area (Å²) in [5.74, 6) is 0. The number of carbonyl (C=O) groups is 2. The second kappa shape index (κ2) is 7.13. The number of nitrogens with one attached hydrogen (secondary N) is 1. The fourth-order valence-electron chi connectivity index (χ4n) is 2.09. The van der Waals surface area contributed by atoms with Crippen molar-refractivity contribution in [1.82, 2.24) is 15.5 Å². The Morgan fingerprint density at radius 1 is 1.30 bits per heavy atom. The molecule has 0 radical (unpaired) electrons. The van der Waals surface area contributed by atoms with E-state index in [0.717, 1.165) is 23.4 Å². The van der Waals surface area contributed by atoms with Crippen LogP contribution in [-0.2, 0) is 4.74 Å². The lowest BCUT2D eigenvalue weighted by Gasteiger charge is -2.19. The molecule has 0 aliphatic heterocycles. The average molecular weight is 316 g/mol. The van der Waals surface area contributed by atoms with Crippen molar-refractivity contribution in [3.05, 3.63) is 30.1 Å². The Hall–Kier alpha value is -2.57. The van der Waals surface area contributed by atoms with Gasteiger partial charge in [0, 0.05) is 18.3 Å². The van der Waals surface area contributed by atoms with Crippen molar-refractivity contribution < 1.29 is 14.3 Å². The van der Waals surface area contributed by atoms with Gasteiger partial charge in [0.25, 0.3) is 0 Å². The molecule has 3 amide bonds. The Balaban J connectivity index is 1.91. The number of hydrogen-bond donors (Lipinski definition) is 1. The van der Waals surface area contributed by atoms with Crippen LogP contribution in [0.15, 0.2) is 29.4 Å². The lowest BCUT2D eigenvalue weighted by molar-refractivity contribution is 0.0550. The number of hydrogen-bond acceptors (Lipinski definition) is 5. The van der Waals surface area contributed by atoms with Crippen molar-refractivity contribution in [3.8, 4) is 0 Å². The van der Waals surface area contributed by atoms with E-state index in [4.69, 9.17) is 4.74 Å². The molecular formula is C16H20N4O3. The predicted octanol–water partition coefficient (Wildman–Crippen LogP) is 3.13. The second-order valence-corrected chi connectivity index (χ2v) is 6.15. The van der Waals surface area contributed by atoms with Gasteiger partial charge in [-0.15, -0.1) is 0 Å². The van der Waals surface area contributed by atoms with Gasteiger partial charge in [0.05, 0.1) is 5.69 Å². The number of carbonyl (C=O) groups excluding carboxylic acids is 2. The minimum absolute atomic E-state index is 0.549. The van der Waals surface area contributed by atoms with E-state index < -0.39 is 17.7 Å². The van der Waals surface area contributed by atoms with Crippen molar-refractivity contribution in [2.45, 2.75) is 45.6 Å². The fraction of sp³-hybridized carbons (Fsp3) is 0.438. The molecule has 0 saturated heterocycles. The van der Waals surface area contributed by atoms with Crippen LogP contribution in [0.2, 0.25) is 0 Å². The number of nitrogens with zero attached hydrogens (tertiary/aromatic N) is 3. The van der Waals surface area contributed by atoms with E-state index in [1.807, 2.05) is 18.2 Å². The number of allylic oxidation sites excluding steroid dienone is 2. The third-order valence-corrected chi connectivity index (χ3v) is 3.04. The standard InChI is InChI=1S/C16H20N4O3/c1-16(2,3)23-15(22)19-14(21)18-12-8-6-11(7-9-12)13-5-4-10-17-20-13/h4-6,10H,7-9H2,1-3H3,(H,19,21,22)/b18-12+. The molecule has 0 aromatic carbocycles. The number of urea groups is 1. The van der Waals surface area contributed by atoms with Crippen LogP contribution >= 0.6 is 0 Å². The van der Waals surface area contributed by atoms with E-state index in [1.54, 1.807) is 27.0 Å². The van der Waals surface area contributed by atoms with Gasteiger partial charge in [0.2, 0.25) is 0 Å². The third kappa shape index (κ3) is 5.61. The maximum atomic E-state index is 11.7. The molecule has 0 unspecified atom stereocenters. The summed E-state index contributed by atoms with van der Waals surface area (Å²) in [6, 6.07) is 3.03.